The van der Waals surface area contributed by atoms with Crippen LogP contribution in [-0.4, -0.2) is 54.5 Å². The molecule has 1 saturated heterocycles. The first-order valence-electron chi connectivity index (χ1n) is 8.03. The van der Waals surface area contributed by atoms with Gasteiger partial charge in [0.25, 0.3) is 0 Å². The first kappa shape index (κ1) is 16.8. The minimum atomic E-state index is -3.35. The number of anilines is 1. The molecule has 0 unspecified atom stereocenters. The van der Waals surface area contributed by atoms with Gasteiger partial charge in [-0.3, -0.25) is 5.10 Å². The molecule has 1 fully saturated rings. The second kappa shape index (κ2) is 7.27. The van der Waals surface area contributed by atoms with Crippen LogP contribution in [0.2, 0.25) is 0 Å². The van der Waals surface area contributed by atoms with Gasteiger partial charge in [0.2, 0.25) is 5.95 Å². The minimum absolute atomic E-state index is 0.0981. The number of aromatic nitrogens is 4. The van der Waals surface area contributed by atoms with E-state index in [1.165, 1.54) is 12.5 Å². The van der Waals surface area contributed by atoms with E-state index in [0.717, 1.165) is 37.9 Å². The lowest BCUT2D eigenvalue weighted by atomic mass is 9.96. The first-order valence-corrected chi connectivity index (χ1v) is 9.92. The number of aromatic amines is 1. The molecule has 1 atom stereocenters. The van der Waals surface area contributed by atoms with Crippen LogP contribution < -0.4 is 10.6 Å². The molecule has 130 valence electrons. The molecule has 24 heavy (non-hydrogen) atoms. The number of nitrogens with zero attached hydrogens (tertiary/aromatic N) is 3. The van der Waals surface area contributed by atoms with Crippen molar-refractivity contribution in [1.29, 1.82) is 0 Å². The number of hydrogen-bond acceptors (Lipinski definition) is 7. The van der Waals surface area contributed by atoms with Crippen LogP contribution >= 0.6 is 0 Å². The van der Waals surface area contributed by atoms with Crippen LogP contribution in [0.5, 0.6) is 0 Å². The second-order valence-corrected chi connectivity index (χ2v) is 8.03. The molecule has 1 aliphatic rings. The zero-order valence-corrected chi connectivity index (χ0v) is 14.4. The molecule has 8 nitrogen and oxygen atoms in total. The van der Waals surface area contributed by atoms with Crippen LogP contribution in [0.4, 0.5) is 5.95 Å². The highest BCUT2D eigenvalue weighted by atomic mass is 32.2. The molecule has 3 N–H and O–H groups in total. The highest BCUT2D eigenvalue weighted by molar-refractivity contribution is 7.90. The molecule has 0 amide bonds. The monoisotopic (exact) mass is 350 g/mol. The van der Waals surface area contributed by atoms with E-state index >= 15 is 0 Å². The van der Waals surface area contributed by atoms with Crippen molar-refractivity contribution in [3.05, 3.63) is 29.8 Å². The summed E-state index contributed by atoms with van der Waals surface area (Å²) < 4.78 is 24.1. The summed E-state index contributed by atoms with van der Waals surface area (Å²) in [5, 5.41) is 13.1. The van der Waals surface area contributed by atoms with Gasteiger partial charge in [-0.05, 0) is 31.4 Å². The van der Waals surface area contributed by atoms with E-state index in [1.807, 2.05) is 6.20 Å². The quantitative estimate of drug-likeness (QED) is 0.704. The molecular formula is C15H22N6O2S. The minimum Gasteiger partial charge on any atom is -0.354 e. The summed E-state index contributed by atoms with van der Waals surface area (Å²) in [4.78, 5) is 8.92. The van der Waals surface area contributed by atoms with Crippen LogP contribution in [0.15, 0.2) is 23.5 Å². The Morgan fingerprint density at radius 2 is 2.25 bits per heavy atom. The van der Waals surface area contributed by atoms with Crippen LogP contribution in [0.1, 0.15) is 30.0 Å². The second-order valence-electron chi connectivity index (χ2n) is 6.04. The van der Waals surface area contributed by atoms with E-state index < -0.39 is 9.84 Å². The average Bonchev–Trinajstić information content (AvgIpc) is 3.08. The van der Waals surface area contributed by atoms with E-state index in [0.29, 0.717) is 18.2 Å². The summed E-state index contributed by atoms with van der Waals surface area (Å²) in [7, 11) is -3.35. The lowest BCUT2D eigenvalue weighted by molar-refractivity contribution is 0.448. The Morgan fingerprint density at radius 1 is 1.38 bits per heavy atom. The van der Waals surface area contributed by atoms with Gasteiger partial charge in [-0.1, -0.05) is 0 Å². The van der Waals surface area contributed by atoms with Gasteiger partial charge in [0.1, 0.15) is 4.90 Å². The molecule has 0 bridgehead atoms. The van der Waals surface area contributed by atoms with E-state index in [2.05, 4.69) is 30.8 Å². The van der Waals surface area contributed by atoms with Crippen molar-refractivity contribution in [1.82, 2.24) is 25.5 Å². The van der Waals surface area contributed by atoms with Crippen LogP contribution in [0, 0.1) is 0 Å². The third-order valence-corrected chi connectivity index (χ3v) is 5.23. The van der Waals surface area contributed by atoms with Crippen molar-refractivity contribution in [2.75, 3.05) is 31.2 Å². The molecule has 0 radical (unpaired) electrons. The molecule has 3 heterocycles. The Labute approximate surface area is 141 Å². The average molecular weight is 350 g/mol. The Hall–Kier alpha value is -2.00. The third-order valence-electron chi connectivity index (χ3n) is 4.12. The maximum atomic E-state index is 12.0. The van der Waals surface area contributed by atoms with Crippen molar-refractivity contribution in [3.63, 3.8) is 0 Å². The van der Waals surface area contributed by atoms with Crippen molar-refractivity contribution in [3.8, 4) is 0 Å². The number of rotatable bonds is 6. The SMILES string of the molecule is CS(=O)(=O)c1cnc(NCCc2cn[nH]c2)nc1[C@H]1CCCNC1. The van der Waals surface area contributed by atoms with E-state index in [-0.39, 0.29) is 10.8 Å². The topological polar surface area (TPSA) is 113 Å². The van der Waals surface area contributed by atoms with Gasteiger partial charge in [0.05, 0.1) is 18.1 Å². The lowest BCUT2D eigenvalue weighted by Crippen LogP contribution is -2.30. The summed E-state index contributed by atoms with van der Waals surface area (Å²) in [5.74, 6) is 0.562. The fourth-order valence-electron chi connectivity index (χ4n) is 2.87. The lowest BCUT2D eigenvalue weighted by Gasteiger charge is -2.24. The van der Waals surface area contributed by atoms with Crippen molar-refractivity contribution >= 4 is 15.8 Å². The number of piperidine rings is 1. The van der Waals surface area contributed by atoms with Crippen LogP contribution in [0.25, 0.3) is 0 Å². The molecule has 0 spiro atoms. The van der Waals surface area contributed by atoms with Crippen molar-refractivity contribution in [2.45, 2.75) is 30.1 Å². The zero-order valence-electron chi connectivity index (χ0n) is 13.6. The fourth-order valence-corrected chi connectivity index (χ4v) is 3.70. The Bertz CT molecular complexity index is 769. The molecule has 1 aliphatic heterocycles. The highest BCUT2D eigenvalue weighted by Gasteiger charge is 2.25. The van der Waals surface area contributed by atoms with E-state index in [1.54, 1.807) is 6.20 Å². The van der Waals surface area contributed by atoms with E-state index in [4.69, 9.17) is 0 Å². The van der Waals surface area contributed by atoms with Crippen LogP contribution in [0.3, 0.4) is 0 Å². The normalized spacial score (nSPS) is 18.5. The number of hydrogen-bond donors (Lipinski definition) is 3. The highest BCUT2D eigenvalue weighted by Crippen LogP contribution is 2.27. The molecular weight excluding hydrogens is 328 g/mol. The van der Waals surface area contributed by atoms with Crippen molar-refractivity contribution in [2.24, 2.45) is 0 Å². The Balaban J connectivity index is 1.78. The fraction of sp³-hybridized carbons (Fsp3) is 0.533. The zero-order chi connectivity index (χ0) is 17.0. The van der Waals surface area contributed by atoms with E-state index in [9.17, 15) is 8.42 Å². The summed E-state index contributed by atoms with van der Waals surface area (Å²) >= 11 is 0. The summed E-state index contributed by atoms with van der Waals surface area (Å²) in [5.41, 5.74) is 1.71. The molecule has 0 aromatic carbocycles. The molecule has 9 heteroatoms. The van der Waals surface area contributed by atoms with Gasteiger partial charge in [0, 0.05) is 31.5 Å². The van der Waals surface area contributed by atoms with Gasteiger partial charge in [-0.25, -0.2) is 18.4 Å². The molecule has 2 aromatic rings. The number of nitrogens with one attached hydrogen (secondary N) is 3. The van der Waals surface area contributed by atoms with Gasteiger partial charge in [-0.15, -0.1) is 0 Å². The van der Waals surface area contributed by atoms with Crippen molar-refractivity contribution < 1.29 is 8.42 Å². The standard InChI is InChI=1S/C15H22N6O2S/c1-24(22,23)13-10-18-15(17-6-4-11-7-19-20-8-11)21-14(13)12-3-2-5-16-9-12/h7-8,10,12,16H,2-6,9H2,1H3,(H,19,20)(H,17,18,21)/t12-/m0/s1. The number of sulfone groups is 1. The predicted molar refractivity (Wildman–Crippen MR) is 90.8 cm³/mol. The summed E-state index contributed by atoms with van der Waals surface area (Å²) in [6.07, 6.45) is 8.98. The maximum Gasteiger partial charge on any atom is 0.222 e. The van der Waals surface area contributed by atoms with Gasteiger partial charge in [-0.2, -0.15) is 5.10 Å². The Kier molecular flexibility index (Phi) is 5.10. The van der Waals surface area contributed by atoms with Gasteiger partial charge < -0.3 is 10.6 Å². The first-order chi connectivity index (χ1) is 11.5. The Morgan fingerprint density at radius 3 is 2.92 bits per heavy atom. The van der Waals surface area contributed by atoms with Gasteiger partial charge in [0.15, 0.2) is 9.84 Å². The smallest absolute Gasteiger partial charge is 0.222 e. The third kappa shape index (κ3) is 4.09. The number of H-pyrrole nitrogens is 1. The maximum absolute atomic E-state index is 12.0. The van der Waals surface area contributed by atoms with Crippen LogP contribution in [-0.2, 0) is 16.3 Å². The summed E-state index contributed by atoms with van der Waals surface area (Å²) in [6.45, 7) is 2.36. The molecule has 3 rings (SSSR count). The molecule has 2 aromatic heterocycles. The predicted octanol–water partition coefficient (Wildman–Crippen LogP) is 0.725. The van der Waals surface area contributed by atoms with Gasteiger partial charge >= 0.3 is 0 Å². The molecule has 0 saturated carbocycles. The summed E-state index contributed by atoms with van der Waals surface area (Å²) in [6, 6.07) is 0. The molecule has 0 aliphatic carbocycles. The largest absolute Gasteiger partial charge is 0.354 e.